The molecule has 22 heavy (non-hydrogen) atoms. The summed E-state index contributed by atoms with van der Waals surface area (Å²) >= 11 is 0. The minimum Gasteiger partial charge on any atom is -0.491 e. The van der Waals surface area contributed by atoms with Crippen LogP contribution in [0.25, 0.3) is 0 Å². The lowest BCUT2D eigenvalue weighted by Gasteiger charge is -2.32. The summed E-state index contributed by atoms with van der Waals surface area (Å²) in [6, 6.07) is 7.62. The lowest BCUT2D eigenvalue weighted by atomic mass is 10.2. The Balaban J connectivity index is 1.40. The van der Waals surface area contributed by atoms with E-state index in [9.17, 15) is 4.79 Å². The minimum atomic E-state index is -0.0531. The number of carbonyl (C=O) groups is 1. The summed E-state index contributed by atoms with van der Waals surface area (Å²) in [7, 11) is 0. The van der Waals surface area contributed by atoms with Crippen molar-refractivity contribution in [3.05, 3.63) is 24.3 Å². The lowest BCUT2D eigenvalue weighted by Crippen LogP contribution is -2.47. The number of hydrogen-bond acceptors (Lipinski definition) is 3. The van der Waals surface area contributed by atoms with E-state index in [0.29, 0.717) is 19.0 Å². The van der Waals surface area contributed by atoms with E-state index in [1.165, 1.54) is 12.8 Å². The monoisotopic (exact) mass is 302 g/mol. The Morgan fingerprint density at radius 3 is 2.64 bits per heavy atom. The van der Waals surface area contributed by atoms with Gasteiger partial charge in [-0.15, -0.1) is 0 Å². The zero-order valence-corrected chi connectivity index (χ0v) is 12.7. The van der Waals surface area contributed by atoms with E-state index < -0.39 is 0 Å². The number of nitrogens with zero attached hydrogens (tertiary/aromatic N) is 1. The topological polar surface area (TPSA) is 50.8 Å². The van der Waals surface area contributed by atoms with Crippen LogP contribution in [-0.2, 0) is 4.74 Å². The Hall–Kier alpha value is -1.75. The zero-order valence-electron chi connectivity index (χ0n) is 12.7. The van der Waals surface area contributed by atoms with Gasteiger partial charge >= 0.3 is 6.03 Å². The molecule has 4 rings (SSSR count). The lowest BCUT2D eigenvalue weighted by molar-refractivity contribution is -0.0219. The normalized spacial score (nSPS) is 26.8. The Bertz CT molecular complexity index is 547. The van der Waals surface area contributed by atoms with Gasteiger partial charge in [-0.2, -0.15) is 0 Å². The van der Waals surface area contributed by atoms with Crippen LogP contribution in [0.15, 0.2) is 24.3 Å². The second-order valence-corrected chi connectivity index (χ2v) is 6.54. The molecule has 2 unspecified atom stereocenters. The van der Waals surface area contributed by atoms with Gasteiger partial charge in [-0.3, -0.25) is 0 Å². The largest absolute Gasteiger partial charge is 0.491 e. The third kappa shape index (κ3) is 3.04. The highest BCUT2D eigenvalue weighted by Crippen LogP contribution is 2.32. The number of rotatable bonds is 4. The number of amides is 2. The average Bonchev–Trinajstić information content (AvgIpc) is 3.30. The standard InChI is InChI=1S/C17H22N2O3/c20-17(19-9-13-7-8-14(10-19)22-13)18-15-3-1-2-4-16(15)21-11-12-5-6-12/h1-4,12-14H,5-11H2,(H,18,20). The van der Waals surface area contributed by atoms with Gasteiger partial charge in [-0.05, 0) is 43.7 Å². The molecule has 2 aliphatic heterocycles. The molecule has 1 N–H and O–H groups in total. The molecule has 0 radical (unpaired) electrons. The number of nitrogens with one attached hydrogen (secondary N) is 1. The van der Waals surface area contributed by atoms with E-state index in [0.717, 1.165) is 30.9 Å². The molecule has 1 aliphatic carbocycles. The van der Waals surface area contributed by atoms with Crippen LogP contribution in [0.2, 0.25) is 0 Å². The molecule has 3 fully saturated rings. The van der Waals surface area contributed by atoms with Crippen LogP contribution in [0.4, 0.5) is 10.5 Å². The molecule has 1 saturated carbocycles. The van der Waals surface area contributed by atoms with Crippen molar-refractivity contribution in [3.63, 3.8) is 0 Å². The number of benzene rings is 1. The van der Waals surface area contributed by atoms with Gasteiger partial charge in [0.1, 0.15) is 5.75 Å². The molecule has 2 atom stereocenters. The predicted molar refractivity (Wildman–Crippen MR) is 83.1 cm³/mol. The fourth-order valence-electron chi connectivity index (χ4n) is 3.16. The minimum absolute atomic E-state index is 0.0531. The van der Waals surface area contributed by atoms with Crippen LogP contribution >= 0.6 is 0 Å². The highest BCUT2D eigenvalue weighted by atomic mass is 16.5. The van der Waals surface area contributed by atoms with E-state index >= 15 is 0 Å². The smallest absolute Gasteiger partial charge is 0.322 e. The fourth-order valence-corrected chi connectivity index (χ4v) is 3.16. The first-order valence-corrected chi connectivity index (χ1v) is 8.21. The van der Waals surface area contributed by atoms with Gasteiger partial charge in [0.15, 0.2) is 0 Å². The van der Waals surface area contributed by atoms with Crippen molar-refractivity contribution in [1.29, 1.82) is 0 Å². The third-order valence-electron chi connectivity index (χ3n) is 4.63. The molecule has 2 heterocycles. The molecule has 118 valence electrons. The number of para-hydroxylation sites is 2. The number of hydrogen-bond donors (Lipinski definition) is 1. The molecule has 1 aromatic carbocycles. The molecule has 2 saturated heterocycles. The highest BCUT2D eigenvalue weighted by Gasteiger charge is 2.35. The zero-order chi connectivity index (χ0) is 14.9. The number of urea groups is 1. The van der Waals surface area contributed by atoms with Crippen molar-refractivity contribution in [1.82, 2.24) is 4.90 Å². The van der Waals surface area contributed by atoms with Crippen molar-refractivity contribution in [2.45, 2.75) is 37.9 Å². The van der Waals surface area contributed by atoms with Crippen LogP contribution in [-0.4, -0.2) is 42.8 Å². The van der Waals surface area contributed by atoms with Crippen LogP contribution in [0.3, 0.4) is 0 Å². The predicted octanol–water partition coefficient (Wildman–Crippen LogP) is 2.87. The Morgan fingerprint density at radius 1 is 1.18 bits per heavy atom. The summed E-state index contributed by atoms with van der Waals surface area (Å²) in [5.41, 5.74) is 0.756. The van der Waals surface area contributed by atoms with Gasteiger partial charge in [0.05, 0.1) is 24.5 Å². The Morgan fingerprint density at radius 2 is 1.91 bits per heavy atom. The molecular formula is C17H22N2O3. The van der Waals surface area contributed by atoms with Crippen molar-refractivity contribution < 1.29 is 14.3 Å². The van der Waals surface area contributed by atoms with Crippen molar-refractivity contribution in [3.8, 4) is 5.75 Å². The summed E-state index contributed by atoms with van der Waals surface area (Å²) in [4.78, 5) is 14.4. The van der Waals surface area contributed by atoms with Crippen LogP contribution in [0.1, 0.15) is 25.7 Å². The maximum absolute atomic E-state index is 12.5. The van der Waals surface area contributed by atoms with Gasteiger partial charge < -0.3 is 19.7 Å². The first-order valence-electron chi connectivity index (χ1n) is 8.21. The molecule has 3 aliphatic rings. The van der Waals surface area contributed by atoms with Crippen molar-refractivity contribution >= 4 is 11.7 Å². The summed E-state index contributed by atoms with van der Waals surface area (Å²) in [5.74, 6) is 1.46. The highest BCUT2D eigenvalue weighted by molar-refractivity contribution is 5.91. The SMILES string of the molecule is O=C(Nc1ccccc1OCC1CC1)N1CC2CCC(C1)O2. The summed E-state index contributed by atoms with van der Waals surface area (Å²) in [6.45, 7) is 2.12. The fraction of sp³-hybridized carbons (Fsp3) is 0.588. The number of carbonyl (C=O) groups excluding carboxylic acids is 1. The van der Waals surface area contributed by atoms with E-state index in [4.69, 9.17) is 9.47 Å². The van der Waals surface area contributed by atoms with Crippen molar-refractivity contribution in [2.75, 3.05) is 25.0 Å². The van der Waals surface area contributed by atoms with Crippen molar-refractivity contribution in [2.24, 2.45) is 5.92 Å². The Kier molecular flexibility index (Phi) is 3.66. The number of anilines is 1. The molecule has 1 aromatic rings. The number of likely N-dealkylation sites (tertiary alicyclic amines) is 1. The van der Waals surface area contributed by atoms with E-state index in [1.54, 1.807) is 0 Å². The van der Waals surface area contributed by atoms with Gasteiger partial charge in [0.2, 0.25) is 0 Å². The van der Waals surface area contributed by atoms with E-state index in [-0.39, 0.29) is 18.2 Å². The molecular weight excluding hydrogens is 280 g/mol. The van der Waals surface area contributed by atoms with Gasteiger partial charge in [-0.1, -0.05) is 12.1 Å². The number of fused-ring (bicyclic) bond motifs is 2. The van der Waals surface area contributed by atoms with E-state index in [2.05, 4.69) is 5.32 Å². The average molecular weight is 302 g/mol. The van der Waals surface area contributed by atoms with Crippen LogP contribution < -0.4 is 10.1 Å². The molecule has 0 aromatic heterocycles. The molecule has 2 amide bonds. The molecule has 0 spiro atoms. The quantitative estimate of drug-likeness (QED) is 0.930. The van der Waals surface area contributed by atoms with Crippen LogP contribution in [0.5, 0.6) is 5.75 Å². The molecule has 5 heteroatoms. The number of morpholine rings is 1. The summed E-state index contributed by atoms with van der Waals surface area (Å²) < 4.78 is 11.6. The second-order valence-electron chi connectivity index (χ2n) is 6.54. The van der Waals surface area contributed by atoms with Gasteiger partial charge in [0.25, 0.3) is 0 Å². The van der Waals surface area contributed by atoms with Gasteiger partial charge in [0, 0.05) is 13.1 Å². The van der Waals surface area contributed by atoms with E-state index in [1.807, 2.05) is 29.2 Å². The first-order chi connectivity index (χ1) is 10.8. The van der Waals surface area contributed by atoms with Gasteiger partial charge in [-0.25, -0.2) is 4.79 Å². The summed E-state index contributed by atoms with van der Waals surface area (Å²) in [6.07, 6.45) is 5.07. The number of ether oxygens (including phenoxy) is 2. The third-order valence-corrected chi connectivity index (χ3v) is 4.63. The molecule has 2 bridgehead atoms. The first kappa shape index (κ1) is 13.9. The second kappa shape index (κ2) is 5.80. The molecule has 5 nitrogen and oxygen atoms in total. The maximum Gasteiger partial charge on any atom is 0.322 e. The summed E-state index contributed by atoms with van der Waals surface area (Å²) in [5, 5.41) is 3.00. The van der Waals surface area contributed by atoms with Crippen LogP contribution in [0, 0.1) is 5.92 Å². The Labute approximate surface area is 130 Å². The maximum atomic E-state index is 12.5.